The van der Waals surface area contributed by atoms with Crippen molar-refractivity contribution < 1.29 is 38.7 Å². The number of carbonyl (C=O) groups excluding carboxylic acids is 1. The highest BCUT2D eigenvalue weighted by Gasteiger charge is 2.26. The SMILES string of the molecule is COC(=O)c1cn(CC(OCCc2ccccc2)C(O)c2cc(OC)c(C)c(OC)c2)cc1CC(=O)O. The van der Waals surface area contributed by atoms with Crippen LogP contribution >= 0.6 is 0 Å². The smallest absolute Gasteiger partial charge is 0.339 e. The van der Waals surface area contributed by atoms with Crippen molar-refractivity contribution in [2.45, 2.75) is 38.5 Å². The molecule has 0 bridgehead atoms. The molecule has 0 radical (unpaired) electrons. The molecule has 198 valence electrons. The van der Waals surface area contributed by atoms with Gasteiger partial charge in [0.25, 0.3) is 0 Å². The second-order valence-corrected chi connectivity index (χ2v) is 8.60. The molecule has 1 aromatic heterocycles. The fourth-order valence-electron chi connectivity index (χ4n) is 4.17. The van der Waals surface area contributed by atoms with Gasteiger partial charge in [-0.25, -0.2) is 4.79 Å². The molecule has 9 heteroatoms. The van der Waals surface area contributed by atoms with Crippen molar-refractivity contribution in [3.63, 3.8) is 0 Å². The summed E-state index contributed by atoms with van der Waals surface area (Å²) < 4.78 is 23.6. The monoisotopic (exact) mass is 511 g/mol. The van der Waals surface area contributed by atoms with Gasteiger partial charge in [0.05, 0.1) is 46.5 Å². The Morgan fingerprint density at radius 1 is 1.00 bits per heavy atom. The van der Waals surface area contributed by atoms with Gasteiger partial charge in [-0.3, -0.25) is 4.79 Å². The number of aliphatic carboxylic acids is 1. The number of ether oxygens (including phenoxy) is 4. The zero-order chi connectivity index (χ0) is 26.9. The standard InChI is InChI=1S/C28H33NO8/c1-18-23(34-2)12-20(13-24(18)35-3)27(32)25(37-11-10-19-8-6-5-7-9-19)17-29-15-21(14-26(30)31)22(16-29)28(33)36-4/h5-9,12-13,15-16,25,27,32H,10-11,14,17H2,1-4H3,(H,30,31). The molecule has 2 atom stereocenters. The zero-order valence-corrected chi connectivity index (χ0v) is 21.5. The lowest BCUT2D eigenvalue weighted by Gasteiger charge is -2.25. The number of aliphatic hydroxyl groups excluding tert-OH is 1. The van der Waals surface area contributed by atoms with E-state index < -0.39 is 24.1 Å². The fourth-order valence-corrected chi connectivity index (χ4v) is 4.17. The van der Waals surface area contributed by atoms with E-state index in [4.69, 9.17) is 18.9 Å². The summed E-state index contributed by atoms with van der Waals surface area (Å²) in [6, 6.07) is 13.3. The maximum atomic E-state index is 12.2. The molecule has 0 saturated carbocycles. The van der Waals surface area contributed by atoms with Gasteiger partial charge < -0.3 is 33.7 Å². The molecule has 37 heavy (non-hydrogen) atoms. The second-order valence-electron chi connectivity index (χ2n) is 8.60. The molecule has 2 aromatic carbocycles. The Hall–Kier alpha value is -3.82. The van der Waals surface area contributed by atoms with Gasteiger partial charge in [-0.15, -0.1) is 0 Å². The number of carboxylic acids is 1. The lowest BCUT2D eigenvalue weighted by Crippen LogP contribution is -2.28. The Morgan fingerprint density at radius 2 is 1.65 bits per heavy atom. The van der Waals surface area contributed by atoms with E-state index in [1.165, 1.54) is 13.3 Å². The van der Waals surface area contributed by atoms with Crippen LogP contribution in [0.25, 0.3) is 0 Å². The van der Waals surface area contributed by atoms with Crippen molar-refractivity contribution in [3.8, 4) is 11.5 Å². The van der Waals surface area contributed by atoms with Gasteiger partial charge in [-0.2, -0.15) is 0 Å². The summed E-state index contributed by atoms with van der Waals surface area (Å²) in [4.78, 5) is 23.6. The highest BCUT2D eigenvalue weighted by molar-refractivity contribution is 5.92. The van der Waals surface area contributed by atoms with Crippen LogP contribution in [-0.4, -0.2) is 60.8 Å². The van der Waals surface area contributed by atoms with Crippen LogP contribution in [0.15, 0.2) is 54.9 Å². The molecular weight excluding hydrogens is 478 g/mol. The van der Waals surface area contributed by atoms with E-state index in [1.54, 1.807) is 37.1 Å². The second kappa shape index (κ2) is 12.9. The van der Waals surface area contributed by atoms with Crippen LogP contribution in [-0.2, 0) is 33.7 Å². The van der Waals surface area contributed by atoms with Gasteiger partial charge in [0, 0.05) is 18.0 Å². The van der Waals surface area contributed by atoms with E-state index in [2.05, 4.69) is 0 Å². The van der Waals surface area contributed by atoms with Gasteiger partial charge in [0.15, 0.2) is 0 Å². The number of methoxy groups -OCH3 is 3. The van der Waals surface area contributed by atoms with Crippen LogP contribution in [0.2, 0.25) is 0 Å². The molecule has 0 aliphatic carbocycles. The Kier molecular flexibility index (Phi) is 9.71. The first-order valence-electron chi connectivity index (χ1n) is 11.8. The largest absolute Gasteiger partial charge is 0.496 e. The normalized spacial score (nSPS) is 12.6. The molecule has 0 aliphatic heterocycles. The number of carbonyl (C=O) groups is 2. The first-order chi connectivity index (χ1) is 17.8. The van der Waals surface area contributed by atoms with E-state index in [-0.39, 0.29) is 18.5 Å². The van der Waals surface area contributed by atoms with Crippen LogP contribution in [0.3, 0.4) is 0 Å². The summed E-state index contributed by atoms with van der Waals surface area (Å²) in [6.45, 7) is 2.34. The Labute approximate surface area is 216 Å². The lowest BCUT2D eigenvalue weighted by atomic mass is 10.0. The van der Waals surface area contributed by atoms with Crippen molar-refractivity contribution in [2.24, 2.45) is 0 Å². The summed E-state index contributed by atoms with van der Waals surface area (Å²) in [7, 11) is 4.33. The molecule has 0 aliphatic rings. The van der Waals surface area contributed by atoms with Crippen molar-refractivity contribution in [1.29, 1.82) is 0 Å². The first-order valence-corrected chi connectivity index (χ1v) is 11.8. The average Bonchev–Trinajstić information content (AvgIpc) is 3.29. The number of hydrogen-bond acceptors (Lipinski definition) is 7. The highest BCUT2D eigenvalue weighted by atomic mass is 16.5. The molecule has 3 aromatic rings. The molecule has 3 rings (SSSR count). The van der Waals surface area contributed by atoms with Gasteiger partial charge in [-0.1, -0.05) is 30.3 Å². The number of benzene rings is 2. The molecule has 2 N–H and O–H groups in total. The number of esters is 1. The maximum Gasteiger partial charge on any atom is 0.339 e. The quantitative estimate of drug-likeness (QED) is 0.335. The third-order valence-corrected chi connectivity index (χ3v) is 6.13. The summed E-state index contributed by atoms with van der Waals surface area (Å²) >= 11 is 0. The van der Waals surface area contributed by atoms with Crippen molar-refractivity contribution in [2.75, 3.05) is 27.9 Å². The summed E-state index contributed by atoms with van der Waals surface area (Å²) in [5.41, 5.74) is 2.90. The molecule has 1 heterocycles. The van der Waals surface area contributed by atoms with E-state index in [0.717, 1.165) is 11.1 Å². The molecule has 0 amide bonds. The Morgan fingerprint density at radius 3 is 2.22 bits per heavy atom. The third kappa shape index (κ3) is 7.12. The summed E-state index contributed by atoms with van der Waals surface area (Å²) in [5.74, 6) is -0.578. The van der Waals surface area contributed by atoms with Crippen LogP contribution in [0, 0.1) is 6.92 Å². The summed E-state index contributed by atoms with van der Waals surface area (Å²) in [6.07, 6.45) is 1.56. The number of rotatable bonds is 13. The van der Waals surface area contributed by atoms with Gasteiger partial charge in [0.2, 0.25) is 0 Å². The fraction of sp³-hybridized carbons (Fsp3) is 0.357. The molecule has 0 saturated heterocycles. The number of carboxylic acid groups (broad SMARTS) is 1. The molecular formula is C28H33NO8. The predicted octanol–water partition coefficient (Wildman–Crippen LogP) is 3.59. The average molecular weight is 512 g/mol. The zero-order valence-electron chi connectivity index (χ0n) is 21.5. The number of aromatic nitrogens is 1. The van der Waals surface area contributed by atoms with E-state index in [0.29, 0.717) is 35.7 Å². The number of nitrogens with zero attached hydrogens (tertiary/aromatic N) is 1. The van der Waals surface area contributed by atoms with Crippen molar-refractivity contribution in [3.05, 3.63) is 82.7 Å². The first kappa shape index (κ1) is 27.8. The van der Waals surface area contributed by atoms with E-state index in [9.17, 15) is 19.8 Å². The molecule has 0 fully saturated rings. The Balaban J connectivity index is 1.92. The highest BCUT2D eigenvalue weighted by Crippen LogP contribution is 2.34. The minimum atomic E-state index is -1.08. The van der Waals surface area contributed by atoms with Crippen LogP contribution in [0.4, 0.5) is 0 Å². The third-order valence-electron chi connectivity index (χ3n) is 6.13. The minimum absolute atomic E-state index is 0.151. The van der Waals surface area contributed by atoms with E-state index >= 15 is 0 Å². The Bertz CT molecular complexity index is 1180. The number of aliphatic hydroxyl groups is 1. The molecule has 0 spiro atoms. The number of hydrogen-bond donors (Lipinski definition) is 2. The van der Waals surface area contributed by atoms with Crippen LogP contribution in [0.5, 0.6) is 11.5 Å². The minimum Gasteiger partial charge on any atom is -0.496 e. The van der Waals surface area contributed by atoms with Crippen LogP contribution in [0.1, 0.15) is 38.7 Å². The van der Waals surface area contributed by atoms with Crippen molar-refractivity contribution in [1.82, 2.24) is 4.57 Å². The maximum absolute atomic E-state index is 12.2. The topological polar surface area (TPSA) is 116 Å². The van der Waals surface area contributed by atoms with Crippen molar-refractivity contribution >= 4 is 11.9 Å². The predicted molar refractivity (Wildman–Crippen MR) is 136 cm³/mol. The molecule has 2 unspecified atom stereocenters. The van der Waals surface area contributed by atoms with Gasteiger partial charge in [-0.05, 0) is 42.2 Å². The van der Waals surface area contributed by atoms with Crippen LogP contribution < -0.4 is 9.47 Å². The lowest BCUT2D eigenvalue weighted by molar-refractivity contribution is -0.136. The van der Waals surface area contributed by atoms with Gasteiger partial charge in [0.1, 0.15) is 23.7 Å². The molecule has 9 nitrogen and oxygen atoms in total. The van der Waals surface area contributed by atoms with E-state index in [1.807, 2.05) is 37.3 Å². The van der Waals surface area contributed by atoms with Gasteiger partial charge >= 0.3 is 11.9 Å². The summed E-state index contributed by atoms with van der Waals surface area (Å²) in [5, 5.41) is 20.7.